The van der Waals surface area contributed by atoms with Crippen molar-refractivity contribution in [1.82, 2.24) is 19.3 Å². The second-order valence-electron chi connectivity index (χ2n) is 6.39. The maximum absolute atomic E-state index is 12.8. The van der Waals surface area contributed by atoms with Crippen LogP contribution in [0.5, 0.6) is 0 Å². The van der Waals surface area contributed by atoms with Gasteiger partial charge < -0.3 is 9.51 Å². The van der Waals surface area contributed by atoms with Crippen molar-refractivity contribution < 1.29 is 4.52 Å². The predicted molar refractivity (Wildman–Crippen MR) is 106 cm³/mol. The molecule has 0 aliphatic carbocycles. The SMILES string of the molecule is CCCn1c(=O)c2[nH]c(-c3cc(-c4cccs4)on3)cc2n(CCC)c1=O. The molecule has 1 N–H and O–H groups in total. The van der Waals surface area contributed by atoms with E-state index in [-0.39, 0.29) is 11.2 Å². The number of hydrogen-bond acceptors (Lipinski definition) is 5. The molecular formula is C19H20N4O3S. The van der Waals surface area contributed by atoms with E-state index in [1.54, 1.807) is 22.0 Å². The molecule has 0 saturated carbocycles. The second kappa shape index (κ2) is 7.03. The Balaban J connectivity index is 1.89. The van der Waals surface area contributed by atoms with E-state index in [4.69, 9.17) is 4.52 Å². The molecule has 0 aliphatic heterocycles. The number of aryl methyl sites for hydroxylation is 1. The molecule has 0 fully saturated rings. The zero-order valence-electron chi connectivity index (χ0n) is 15.2. The fourth-order valence-electron chi connectivity index (χ4n) is 3.23. The van der Waals surface area contributed by atoms with Crippen molar-refractivity contribution in [3.63, 3.8) is 0 Å². The first-order chi connectivity index (χ1) is 13.1. The van der Waals surface area contributed by atoms with Gasteiger partial charge in [-0.15, -0.1) is 11.3 Å². The first kappa shape index (κ1) is 17.5. The number of fused-ring (bicyclic) bond motifs is 1. The lowest BCUT2D eigenvalue weighted by molar-refractivity contribution is 0.435. The highest BCUT2D eigenvalue weighted by atomic mass is 32.1. The van der Waals surface area contributed by atoms with Gasteiger partial charge >= 0.3 is 5.69 Å². The number of rotatable bonds is 6. The van der Waals surface area contributed by atoms with Crippen LogP contribution in [0, 0.1) is 0 Å². The quantitative estimate of drug-likeness (QED) is 0.549. The number of aromatic amines is 1. The van der Waals surface area contributed by atoms with Crippen LogP contribution in [0.1, 0.15) is 26.7 Å². The topological polar surface area (TPSA) is 85.8 Å². The molecule has 0 saturated heterocycles. The van der Waals surface area contributed by atoms with E-state index >= 15 is 0 Å². The lowest BCUT2D eigenvalue weighted by Gasteiger charge is -2.10. The summed E-state index contributed by atoms with van der Waals surface area (Å²) < 4.78 is 8.41. The molecule has 0 unspecified atom stereocenters. The highest BCUT2D eigenvalue weighted by molar-refractivity contribution is 7.13. The van der Waals surface area contributed by atoms with E-state index in [2.05, 4.69) is 10.1 Å². The molecule has 140 valence electrons. The minimum atomic E-state index is -0.294. The fraction of sp³-hybridized carbons (Fsp3) is 0.316. The second-order valence-corrected chi connectivity index (χ2v) is 7.34. The van der Waals surface area contributed by atoms with Gasteiger partial charge in [-0.2, -0.15) is 0 Å². The average molecular weight is 384 g/mol. The Morgan fingerprint density at radius 2 is 1.93 bits per heavy atom. The molecule has 0 aliphatic rings. The van der Waals surface area contributed by atoms with E-state index in [0.29, 0.717) is 47.7 Å². The van der Waals surface area contributed by atoms with Gasteiger partial charge in [0, 0.05) is 19.2 Å². The molecule has 27 heavy (non-hydrogen) atoms. The number of hydrogen-bond donors (Lipinski definition) is 1. The van der Waals surface area contributed by atoms with Crippen LogP contribution < -0.4 is 11.2 Å². The van der Waals surface area contributed by atoms with E-state index in [0.717, 1.165) is 11.3 Å². The standard InChI is InChI=1S/C19H20N4O3S/c1-3-7-22-14-10-12(13-11-15(26-21-13)16-6-5-9-27-16)20-17(14)18(24)23(8-4-2)19(22)25/h5-6,9-11,20H,3-4,7-8H2,1-2H3. The molecule has 0 radical (unpaired) electrons. The van der Waals surface area contributed by atoms with Gasteiger partial charge in [-0.25, -0.2) is 4.79 Å². The van der Waals surface area contributed by atoms with Gasteiger partial charge in [0.2, 0.25) is 0 Å². The van der Waals surface area contributed by atoms with E-state index < -0.39 is 0 Å². The van der Waals surface area contributed by atoms with Gasteiger partial charge in [-0.1, -0.05) is 25.1 Å². The third kappa shape index (κ3) is 2.95. The van der Waals surface area contributed by atoms with E-state index in [9.17, 15) is 9.59 Å². The molecule has 0 bridgehead atoms. The summed E-state index contributed by atoms with van der Waals surface area (Å²) in [5, 5.41) is 6.10. The van der Waals surface area contributed by atoms with Crippen molar-refractivity contribution in [2.24, 2.45) is 0 Å². The molecule has 8 heteroatoms. The van der Waals surface area contributed by atoms with Crippen LogP contribution >= 0.6 is 11.3 Å². The minimum absolute atomic E-state index is 0.263. The van der Waals surface area contributed by atoms with Gasteiger partial charge in [0.05, 0.1) is 16.1 Å². The van der Waals surface area contributed by atoms with E-state index in [1.807, 2.05) is 37.4 Å². The van der Waals surface area contributed by atoms with Gasteiger partial charge in [0.1, 0.15) is 11.2 Å². The number of H-pyrrole nitrogens is 1. The number of thiophene rings is 1. The van der Waals surface area contributed by atoms with Crippen LogP contribution in [0.3, 0.4) is 0 Å². The summed E-state index contributed by atoms with van der Waals surface area (Å²) in [5.74, 6) is 0.674. The molecular weight excluding hydrogens is 364 g/mol. The van der Waals surface area contributed by atoms with Crippen molar-refractivity contribution >= 4 is 22.4 Å². The van der Waals surface area contributed by atoms with Crippen LogP contribution in [0.25, 0.3) is 33.1 Å². The van der Waals surface area contributed by atoms with Crippen LogP contribution in [0.15, 0.2) is 43.8 Å². The maximum atomic E-state index is 12.8. The highest BCUT2D eigenvalue weighted by Gasteiger charge is 2.18. The molecule has 0 amide bonds. The minimum Gasteiger partial charge on any atom is -0.355 e. The average Bonchev–Trinajstić information content (AvgIpc) is 3.40. The molecule has 0 atom stereocenters. The lowest BCUT2D eigenvalue weighted by atomic mass is 10.2. The number of nitrogens with zero attached hydrogens (tertiary/aromatic N) is 3. The molecule has 7 nitrogen and oxygen atoms in total. The first-order valence-electron chi connectivity index (χ1n) is 9.01. The van der Waals surface area contributed by atoms with Crippen molar-refractivity contribution in [3.8, 4) is 22.0 Å². The van der Waals surface area contributed by atoms with Crippen LogP contribution in [0.2, 0.25) is 0 Å². The van der Waals surface area contributed by atoms with Gasteiger partial charge in [-0.05, 0) is 30.4 Å². The zero-order valence-corrected chi connectivity index (χ0v) is 16.0. The highest BCUT2D eigenvalue weighted by Crippen LogP contribution is 2.29. The Kier molecular flexibility index (Phi) is 4.57. The summed E-state index contributed by atoms with van der Waals surface area (Å²) in [6.45, 7) is 4.90. The van der Waals surface area contributed by atoms with Crippen LogP contribution in [0.4, 0.5) is 0 Å². The molecule has 0 aromatic carbocycles. The Hall–Kier alpha value is -2.87. The summed E-state index contributed by atoms with van der Waals surface area (Å²) >= 11 is 1.57. The summed E-state index contributed by atoms with van der Waals surface area (Å²) in [4.78, 5) is 29.7. The Labute approximate surface area is 158 Å². The molecule has 4 aromatic heterocycles. The molecule has 4 aromatic rings. The normalized spacial score (nSPS) is 11.5. The summed E-state index contributed by atoms with van der Waals surface area (Å²) in [5.41, 5.74) is 1.74. The van der Waals surface area contributed by atoms with Gasteiger partial charge in [-0.3, -0.25) is 13.9 Å². The van der Waals surface area contributed by atoms with E-state index in [1.165, 1.54) is 4.57 Å². The largest absolute Gasteiger partial charge is 0.355 e. The van der Waals surface area contributed by atoms with Gasteiger partial charge in [0.15, 0.2) is 5.76 Å². The summed E-state index contributed by atoms with van der Waals surface area (Å²) in [7, 11) is 0. The molecule has 4 rings (SSSR count). The number of aromatic nitrogens is 4. The zero-order chi connectivity index (χ0) is 19.0. The van der Waals surface area contributed by atoms with Crippen LogP contribution in [-0.4, -0.2) is 19.3 Å². The smallest absolute Gasteiger partial charge is 0.331 e. The van der Waals surface area contributed by atoms with Crippen molar-refractivity contribution in [2.75, 3.05) is 0 Å². The Morgan fingerprint density at radius 1 is 1.15 bits per heavy atom. The van der Waals surface area contributed by atoms with Crippen molar-refractivity contribution in [1.29, 1.82) is 0 Å². The Bertz CT molecular complexity index is 1190. The van der Waals surface area contributed by atoms with Crippen molar-refractivity contribution in [2.45, 2.75) is 39.8 Å². The Morgan fingerprint density at radius 3 is 2.63 bits per heavy atom. The third-order valence-corrected chi connectivity index (χ3v) is 5.34. The first-order valence-corrected chi connectivity index (χ1v) is 9.89. The van der Waals surface area contributed by atoms with Gasteiger partial charge in [0.25, 0.3) is 5.56 Å². The predicted octanol–water partition coefficient (Wildman–Crippen LogP) is 3.69. The van der Waals surface area contributed by atoms with Crippen molar-refractivity contribution in [3.05, 3.63) is 50.5 Å². The molecule has 0 spiro atoms. The molecule has 4 heterocycles. The summed E-state index contributed by atoms with van der Waals surface area (Å²) in [6.07, 6.45) is 1.51. The fourth-order valence-corrected chi connectivity index (χ4v) is 3.90. The van der Waals surface area contributed by atoms with Crippen LogP contribution in [-0.2, 0) is 13.1 Å². The summed E-state index contributed by atoms with van der Waals surface area (Å²) in [6, 6.07) is 7.55. The lowest BCUT2D eigenvalue weighted by Crippen LogP contribution is -2.39. The maximum Gasteiger partial charge on any atom is 0.331 e. The number of nitrogens with one attached hydrogen (secondary N) is 1. The monoisotopic (exact) mass is 384 g/mol. The third-order valence-electron chi connectivity index (χ3n) is 4.45.